The molecule has 0 radical (unpaired) electrons. The zero-order chi connectivity index (χ0) is 82.0. The molecule has 0 aromatic heterocycles. The summed E-state index contributed by atoms with van der Waals surface area (Å²) in [6.07, 6.45) is -1.000. The number of fused-ring (bicyclic) bond motifs is 4. The second-order valence-electron chi connectivity index (χ2n) is 29.1. The topological polar surface area (TPSA) is 283 Å². The summed E-state index contributed by atoms with van der Waals surface area (Å²) in [6.45, 7) is 31.7. The molecule has 0 spiro atoms. The van der Waals surface area contributed by atoms with Crippen LogP contribution in [0.25, 0.3) is 33.4 Å². The number of hydrogen-bond acceptors (Lipinski definition) is 21. The van der Waals surface area contributed by atoms with Gasteiger partial charge < -0.3 is 82.2 Å². The van der Waals surface area contributed by atoms with Crippen molar-refractivity contribution in [1.29, 1.82) is 0 Å². The van der Waals surface area contributed by atoms with Crippen molar-refractivity contribution in [3.05, 3.63) is 219 Å². The number of nitrogens with one attached hydrogen (secondary N) is 1. The molecule has 3 amide bonds. The molecule has 0 saturated carbocycles. The van der Waals surface area contributed by atoms with Crippen LogP contribution in [0, 0.1) is 0 Å². The van der Waals surface area contributed by atoms with Gasteiger partial charge in [0.25, 0.3) is 0 Å². The minimum absolute atomic E-state index is 0. The molecular weight excluding hydrogens is 1550 g/mol. The number of amides is 3. The number of carbonyl (C=O) groups excluding carboxylic acids is 7. The van der Waals surface area contributed by atoms with Crippen molar-refractivity contribution in [2.75, 3.05) is 79.0 Å². The Bertz CT molecular complexity index is 4380. The number of carbonyl (C=O) groups is 7. The van der Waals surface area contributed by atoms with Crippen LogP contribution >= 0.6 is 28.3 Å². The summed E-state index contributed by atoms with van der Waals surface area (Å²) in [5.74, 6) is 1.95. The first-order valence-electron chi connectivity index (χ1n) is 37.6. The summed E-state index contributed by atoms with van der Waals surface area (Å²) < 4.78 is 60.2. The quantitative estimate of drug-likeness (QED) is 0.0582. The van der Waals surface area contributed by atoms with Gasteiger partial charge in [0.2, 0.25) is 0 Å². The molecule has 8 aromatic carbocycles. The highest BCUT2D eigenvalue weighted by molar-refractivity contribution is 9.10. The first-order chi connectivity index (χ1) is 53.8. The SMILES string of the molecule is CC(C)(C)OC(=O)N1CCOc2ccc(Br)cc2C1.CCOC(=O)c1ccc(-c2ccc3c(c2)CN(C(=O)OC(C)(C)C)CCO3)cc1.CCOC(=O)c1ccc(-c2ccc3c(c2)CN(C(=O)OC(C)(C)C)CCO3)cc1.CCOC(=O)c1ccc(-c2ccc3c(c2)CNCCO3)cc1.CCOC(=O)c1ccc(B(O)O)cc1.Cl. The van der Waals surface area contributed by atoms with Crippen LogP contribution in [-0.2, 0) is 59.3 Å². The van der Waals surface area contributed by atoms with Gasteiger partial charge in [0.1, 0.15) is 66.2 Å². The van der Waals surface area contributed by atoms with Crippen LogP contribution in [-0.4, -0.2) is 170 Å². The highest BCUT2D eigenvalue weighted by Gasteiger charge is 2.29. The molecule has 4 aliphatic heterocycles. The fourth-order valence-corrected chi connectivity index (χ4v) is 11.9. The van der Waals surface area contributed by atoms with Crippen molar-refractivity contribution in [1.82, 2.24) is 20.0 Å². The van der Waals surface area contributed by atoms with Crippen molar-refractivity contribution in [3.8, 4) is 56.4 Å². The van der Waals surface area contributed by atoms with E-state index >= 15 is 0 Å². The molecule has 0 bridgehead atoms. The lowest BCUT2D eigenvalue weighted by Gasteiger charge is -2.26. The average Bonchev–Trinajstić information content (AvgIpc) is 1.47. The van der Waals surface area contributed by atoms with Gasteiger partial charge in [0.05, 0.1) is 87.9 Å². The molecule has 608 valence electrons. The molecule has 0 saturated heterocycles. The van der Waals surface area contributed by atoms with E-state index in [1.807, 2.05) is 165 Å². The first-order valence-corrected chi connectivity index (χ1v) is 38.4. The van der Waals surface area contributed by atoms with Crippen molar-refractivity contribution in [3.63, 3.8) is 0 Å². The van der Waals surface area contributed by atoms with Crippen molar-refractivity contribution < 1.29 is 95.7 Å². The molecular formula is C87H103BBrClN4O20. The van der Waals surface area contributed by atoms with Gasteiger partial charge in [-0.15, -0.1) is 12.4 Å². The van der Waals surface area contributed by atoms with Gasteiger partial charge in [0, 0.05) is 39.8 Å². The fraction of sp³-hybridized carbons (Fsp3) is 0.368. The van der Waals surface area contributed by atoms with Gasteiger partial charge in [-0.1, -0.05) is 82.7 Å². The Morgan fingerprint density at radius 2 is 0.658 bits per heavy atom. The zero-order valence-corrected chi connectivity index (χ0v) is 69.3. The summed E-state index contributed by atoms with van der Waals surface area (Å²) in [6, 6.07) is 51.8. The van der Waals surface area contributed by atoms with E-state index < -0.39 is 29.9 Å². The highest BCUT2D eigenvalue weighted by Crippen LogP contribution is 2.34. The minimum atomic E-state index is -1.51. The number of halogens is 2. The van der Waals surface area contributed by atoms with Crippen molar-refractivity contribution in [2.45, 2.75) is 133 Å². The lowest BCUT2D eigenvalue weighted by atomic mass is 9.80. The Labute approximate surface area is 682 Å². The van der Waals surface area contributed by atoms with E-state index in [2.05, 4.69) is 27.3 Å². The molecule has 24 nitrogen and oxygen atoms in total. The molecule has 12 rings (SSSR count). The second-order valence-corrected chi connectivity index (χ2v) is 30.0. The second kappa shape index (κ2) is 43.0. The molecule has 114 heavy (non-hydrogen) atoms. The number of benzene rings is 8. The molecule has 3 N–H and O–H groups in total. The molecule has 0 unspecified atom stereocenters. The van der Waals surface area contributed by atoms with Crippen LogP contribution in [0.15, 0.2) is 174 Å². The van der Waals surface area contributed by atoms with E-state index in [4.69, 9.17) is 62.2 Å². The number of hydrogen-bond donors (Lipinski definition) is 3. The Hall–Kier alpha value is -10.6. The molecule has 8 aromatic rings. The summed E-state index contributed by atoms with van der Waals surface area (Å²) in [4.78, 5) is 88.6. The third-order valence-corrected chi connectivity index (χ3v) is 17.4. The van der Waals surface area contributed by atoms with Crippen LogP contribution in [0.2, 0.25) is 0 Å². The largest absolute Gasteiger partial charge is 0.492 e. The highest BCUT2D eigenvalue weighted by atomic mass is 79.9. The maximum Gasteiger partial charge on any atom is 0.488 e. The molecule has 4 heterocycles. The average molecular weight is 1650 g/mol. The van der Waals surface area contributed by atoms with Crippen LogP contribution in [0.3, 0.4) is 0 Å². The predicted octanol–water partition coefficient (Wildman–Crippen LogP) is 15.9. The Morgan fingerprint density at radius 3 is 0.965 bits per heavy atom. The molecule has 0 atom stereocenters. The van der Waals surface area contributed by atoms with Crippen LogP contribution < -0.4 is 29.7 Å². The van der Waals surface area contributed by atoms with E-state index in [9.17, 15) is 33.6 Å². The van der Waals surface area contributed by atoms with Crippen LogP contribution in [0.4, 0.5) is 14.4 Å². The molecule has 0 fully saturated rings. The standard InChI is InChI=1S/2C23H27NO5.C18H19NO3.C14H18BrNO3.C9H11BO4.ClH/c2*1-5-27-21(25)17-8-6-16(7-9-17)18-10-11-20-19(14-18)15-24(12-13-28-20)22(26)29-23(2,3)4;1-2-21-18(20)14-5-3-13(4-6-14)15-7-8-17-16(11-15)12-19-9-10-22-17;1-14(2,3)19-13(17)16-6-7-18-12-5-4-11(15)8-10(12)9-16;1-2-14-9(11)7-3-5-8(6-4-7)10(12)13;/h2*6-11,14H,5,12-13,15H2,1-4H3;3-8,11,19H,2,9-10,12H2,1H3;4-5,8H,6-7,9H2,1-3H3;3-6,12-13H,2H2,1H3;1H. The lowest BCUT2D eigenvalue weighted by Crippen LogP contribution is -2.37. The van der Waals surface area contributed by atoms with Gasteiger partial charge in [-0.2, -0.15) is 0 Å². The molecule has 27 heteroatoms. The Balaban J connectivity index is 0.000000201. The van der Waals surface area contributed by atoms with Crippen LogP contribution in [0.5, 0.6) is 23.0 Å². The maximum atomic E-state index is 12.5. The summed E-state index contributed by atoms with van der Waals surface area (Å²) >= 11 is 3.43. The number of rotatable bonds is 12. The summed E-state index contributed by atoms with van der Waals surface area (Å²) in [5.41, 5.74) is 10.8. The van der Waals surface area contributed by atoms with Gasteiger partial charge >= 0.3 is 49.3 Å². The molecule has 0 aliphatic carbocycles. The Kier molecular flexibility index (Phi) is 34.2. The predicted molar refractivity (Wildman–Crippen MR) is 441 cm³/mol. The van der Waals surface area contributed by atoms with Gasteiger partial charge in [-0.05, 0) is 232 Å². The number of nitrogens with zero attached hydrogens (tertiary/aromatic N) is 3. The summed E-state index contributed by atoms with van der Waals surface area (Å²) in [5, 5.41) is 20.9. The lowest BCUT2D eigenvalue weighted by molar-refractivity contribution is 0.0216. The smallest absolute Gasteiger partial charge is 0.488 e. The van der Waals surface area contributed by atoms with Crippen molar-refractivity contribution in [2.24, 2.45) is 0 Å². The summed E-state index contributed by atoms with van der Waals surface area (Å²) in [7, 11) is -1.51. The third kappa shape index (κ3) is 28.2. The monoisotopic (exact) mass is 1650 g/mol. The minimum Gasteiger partial charge on any atom is -0.492 e. The van der Waals surface area contributed by atoms with Gasteiger partial charge in [0.15, 0.2) is 0 Å². The Morgan fingerprint density at radius 1 is 0.386 bits per heavy atom. The van der Waals surface area contributed by atoms with E-state index in [1.54, 1.807) is 78.8 Å². The van der Waals surface area contributed by atoms with E-state index in [0.29, 0.717) is 120 Å². The normalized spacial score (nSPS) is 13.4. The van der Waals surface area contributed by atoms with Crippen molar-refractivity contribution >= 4 is 83.1 Å². The number of esters is 4. The number of ether oxygens (including phenoxy) is 11. The maximum absolute atomic E-state index is 12.5. The first kappa shape index (κ1) is 90.6. The van der Waals surface area contributed by atoms with Gasteiger partial charge in [-0.25, -0.2) is 33.6 Å². The van der Waals surface area contributed by atoms with E-state index in [1.165, 1.54) is 24.3 Å². The zero-order valence-electron chi connectivity index (χ0n) is 66.9. The third-order valence-electron chi connectivity index (χ3n) is 16.9. The van der Waals surface area contributed by atoms with Gasteiger partial charge in [-0.3, -0.25) is 0 Å². The molecule has 4 aliphatic rings. The van der Waals surface area contributed by atoms with E-state index in [0.717, 1.165) is 96.2 Å². The fourth-order valence-electron chi connectivity index (χ4n) is 11.5. The van der Waals surface area contributed by atoms with E-state index in [-0.39, 0.29) is 48.6 Å². The van der Waals surface area contributed by atoms with Crippen LogP contribution in [0.1, 0.15) is 154 Å².